The quantitative estimate of drug-likeness (QED) is 0.750. The Balaban J connectivity index is 1.86. The number of likely N-dealkylation sites (N-methyl/N-ethyl adjacent to an activating group) is 1. The van der Waals surface area contributed by atoms with E-state index in [2.05, 4.69) is 10.2 Å². The van der Waals surface area contributed by atoms with E-state index in [-0.39, 0.29) is 5.91 Å². The van der Waals surface area contributed by atoms with Gasteiger partial charge in [-0.25, -0.2) is 0 Å². The molecule has 16 heavy (non-hydrogen) atoms. The van der Waals surface area contributed by atoms with Gasteiger partial charge in [0.25, 0.3) is 0 Å². The van der Waals surface area contributed by atoms with E-state index in [4.69, 9.17) is 5.73 Å². The Morgan fingerprint density at radius 1 is 1.56 bits per heavy atom. The lowest BCUT2D eigenvalue weighted by molar-refractivity contribution is -0.117. The summed E-state index contributed by atoms with van der Waals surface area (Å²) in [4.78, 5) is 13.8. The Labute approximate surface area is 95.4 Å². The number of nitrogens with two attached hydrogens (primary N) is 1. The number of nitrogens with one attached hydrogen (secondary N) is 1. The molecule has 1 aliphatic rings. The number of carbonyl (C=O) groups excluding carboxylic acids is 1. The molecule has 1 saturated carbocycles. The van der Waals surface area contributed by atoms with E-state index in [0.717, 1.165) is 5.69 Å². The smallest absolute Gasteiger partial charge is 0.238 e. The number of amides is 1. The van der Waals surface area contributed by atoms with Crippen molar-refractivity contribution in [1.82, 2.24) is 4.90 Å². The maximum Gasteiger partial charge on any atom is 0.238 e. The predicted molar refractivity (Wildman–Crippen MR) is 65.1 cm³/mol. The molecule has 2 rings (SSSR count). The third-order valence-electron chi connectivity index (χ3n) is 2.73. The van der Waals surface area contributed by atoms with E-state index in [1.54, 1.807) is 12.1 Å². The summed E-state index contributed by atoms with van der Waals surface area (Å²) in [6, 6.07) is 7.83. The van der Waals surface area contributed by atoms with Crippen LogP contribution in [0.3, 0.4) is 0 Å². The van der Waals surface area contributed by atoms with E-state index in [9.17, 15) is 4.79 Å². The van der Waals surface area contributed by atoms with E-state index in [1.165, 1.54) is 12.8 Å². The zero-order valence-corrected chi connectivity index (χ0v) is 9.44. The summed E-state index contributed by atoms with van der Waals surface area (Å²) in [6.07, 6.45) is 2.42. The van der Waals surface area contributed by atoms with Gasteiger partial charge in [-0.3, -0.25) is 9.69 Å². The molecular formula is C12H17N3O. The number of hydrogen-bond donors (Lipinski definition) is 2. The minimum atomic E-state index is 0.0139. The summed E-state index contributed by atoms with van der Waals surface area (Å²) in [6.45, 7) is 0.444. The number of anilines is 2. The van der Waals surface area contributed by atoms with Gasteiger partial charge in [-0.2, -0.15) is 0 Å². The van der Waals surface area contributed by atoms with Gasteiger partial charge in [0.2, 0.25) is 5.91 Å². The predicted octanol–water partition coefficient (Wildman–Crippen LogP) is 1.30. The second kappa shape index (κ2) is 4.53. The Hall–Kier alpha value is -1.55. The standard InChI is InChI=1S/C12H17N3O/c1-15(11-5-6-11)8-12(16)14-10-4-2-3-9(13)7-10/h2-4,7,11H,5-6,8,13H2,1H3,(H,14,16). The third kappa shape index (κ3) is 2.97. The average molecular weight is 219 g/mol. The fraction of sp³-hybridized carbons (Fsp3) is 0.417. The molecule has 0 heterocycles. The van der Waals surface area contributed by atoms with Crippen LogP contribution in [-0.4, -0.2) is 30.4 Å². The molecule has 1 aromatic rings. The van der Waals surface area contributed by atoms with E-state index in [0.29, 0.717) is 18.3 Å². The van der Waals surface area contributed by atoms with Gasteiger partial charge in [0.15, 0.2) is 0 Å². The van der Waals surface area contributed by atoms with Crippen LogP contribution in [-0.2, 0) is 4.79 Å². The van der Waals surface area contributed by atoms with Crippen molar-refractivity contribution < 1.29 is 4.79 Å². The summed E-state index contributed by atoms with van der Waals surface area (Å²) >= 11 is 0. The Bertz CT molecular complexity index is 388. The van der Waals surface area contributed by atoms with Crippen molar-refractivity contribution in [2.75, 3.05) is 24.6 Å². The topological polar surface area (TPSA) is 58.4 Å². The molecule has 1 aromatic carbocycles. The van der Waals surface area contributed by atoms with Crippen molar-refractivity contribution in [3.05, 3.63) is 24.3 Å². The molecule has 3 N–H and O–H groups in total. The highest BCUT2D eigenvalue weighted by Crippen LogP contribution is 2.24. The van der Waals surface area contributed by atoms with Crippen LogP contribution in [0.5, 0.6) is 0 Å². The Morgan fingerprint density at radius 3 is 2.94 bits per heavy atom. The summed E-state index contributed by atoms with van der Waals surface area (Å²) in [5, 5.41) is 2.84. The number of nitrogen functional groups attached to an aromatic ring is 1. The van der Waals surface area contributed by atoms with Gasteiger partial charge in [0.05, 0.1) is 6.54 Å². The van der Waals surface area contributed by atoms with Crippen molar-refractivity contribution >= 4 is 17.3 Å². The van der Waals surface area contributed by atoms with Gasteiger partial charge < -0.3 is 11.1 Å². The molecule has 0 atom stereocenters. The minimum Gasteiger partial charge on any atom is -0.399 e. The number of carbonyl (C=O) groups is 1. The van der Waals surface area contributed by atoms with Crippen LogP contribution >= 0.6 is 0 Å². The van der Waals surface area contributed by atoms with Crippen LogP contribution in [0.2, 0.25) is 0 Å². The molecule has 1 fully saturated rings. The van der Waals surface area contributed by atoms with Crippen LogP contribution in [0.25, 0.3) is 0 Å². The Kier molecular flexibility index (Phi) is 3.10. The fourth-order valence-electron chi connectivity index (χ4n) is 1.69. The largest absolute Gasteiger partial charge is 0.399 e. The number of rotatable bonds is 4. The van der Waals surface area contributed by atoms with Gasteiger partial charge >= 0.3 is 0 Å². The highest BCUT2D eigenvalue weighted by Gasteiger charge is 2.27. The first-order valence-electron chi connectivity index (χ1n) is 5.51. The van der Waals surface area contributed by atoms with Crippen LogP contribution in [0.15, 0.2) is 24.3 Å². The minimum absolute atomic E-state index is 0.0139. The lowest BCUT2D eigenvalue weighted by Crippen LogP contribution is -2.31. The maximum atomic E-state index is 11.7. The molecule has 86 valence electrons. The summed E-state index contributed by atoms with van der Waals surface area (Å²) in [5.74, 6) is 0.0139. The molecule has 0 spiro atoms. The average Bonchev–Trinajstić information content (AvgIpc) is 2.99. The molecule has 0 aliphatic heterocycles. The monoisotopic (exact) mass is 219 g/mol. The number of hydrogen-bond acceptors (Lipinski definition) is 3. The van der Waals surface area contributed by atoms with Crippen LogP contribution in [0.4, 0.5) is 11.4 Å². The second-order valence-electron chi connectivity index (χ2n) is 4.32. The van der Waals surface area contributed by atoms with Crippen molar-refractivity contribution in [3.8, 4) is 0 Å². The first-order chi connectivity index (χ1) is 7.65. The maximum absolute atomic E-state index is 11.7. The highest BCUT2D eigenvalue weighted by atomic mass is 16.2. The highest BCUT2D eigenvalue weighted by molar-refractivity contribution is 5.92. The fourth-order valence-corrected chi connectivity index (χ4v) is 1.69. The number of benzene rings is 1. The van der Waals surface area contributed by atoms with E-state index >= 15 is 0 Å². The molecule has 1 amide bonds. The third-order valence-corrected chi connectivity index (χ3v) is 2.73. The van der Waals surface area contributed by atoms with E-state index < -0.39 is 0 Å². The van der Waals surface area contributed by atoms with Gasteiger partial charge in [-0.1, -0.05) is 6.07 Å². The van der Waals surface area contributed by atoms with Crippen LogP contribution < -0.4 is 11.1 Å². The second-order valence-corrected chi connectivity index (χ2v) is 4.32. The van der Waals surface area contributed by atoms with Gasteiger partial charge in [0, 0.05) is 17.4 Å². The summed E-state index contributed by atoms with van der Waals surface area (Å²) < 4.78 is 0. The van der Waals surface area contributed by atoms with Crippen molar-refractivity contribution in [2.45, 2.75) is 18.9 Å². The summed E-state index contributed by atoms with van der Waals surface area (Å²) in [5.41, 5.74) is 7.05. The molecule has 0 radical (unpaired) electrons. The molecule has 0 bridgehead atoms. The SMILES string of the molecule is CN(CC(=O)Nc1cccc(N)c1)C1CC1. The molecular weight excluding hydrogens is 202 g/mol. The van der Waals surface area contributed by atoms with Gasteiger partial charge in [0.1, 0.15) is 0 Å². The first-order valence-corrected chi connectivity index (χ1v) is 5.51. The first kappa shape index (κ1) is 11.0. The normalized spacial score (nSPS) is 15.1. The Morgan fingerprint density at radius 2 is 2.31 bits per heavy atom. The van der Waals surface area contributed by atoms with Gasteiger partial charge in [-0.15, -0.1) is 0 Å². The summed E-state index contributed by atoms with van der Waals surface area (Å²) in [7, 11) is 1.98. The van der Waals surface area contributed by atoms with Crippen molar-refractivity contribution in [3.63, 3.8) is 0 Å². The molecule has 1 aliphatic carbocycles. The zero-order chi connectivity index (χ0) is 11.5. The molecule has 0 unspecified atom stereocenters. The molecule has 4 heteroatoms. The van der Waals surface area contributed by atoms with Crippen molar-refractivity contribution in [1.29, 1.82) is 0 Å². The molecule has 4 nitrogen and oxygen atoms in total. The van der Waals surface area contributed by atoms with Crippen molar-refractivity contribution in [2.24, 2.45) is 0 Å². The van der Waals surface area contributed by atoms with Crippen LogP contribution in [0.1, 0.15) is 12.8 Å². The molecule has 0 saturated heterocycles. The molecule has 0 aromatic heterocycles. The zero-order valence-electron chi connectivity index (χ0n) is 9.44. The van der Waals surface area contributed by atoms with E-state index in [1.807, 2.05) is 19.2 Å². The number of nitrogens with zero attached hydrogens (tertiary/aromatic N) is 1. The van der Waals surface area contributed by atoms with Gasteiger partial charge in [-0.05, 0) is 38.1 Å². The van der Waals surface area contributed by atoms with Crippen LogP contribution in [0, 0.1) is 0 Å². The lowest BCUT2D eigenvalue weighted by Gasteiger charge is -2.15. The lowest BCUT2D eigenvalue weighted by atomic mass is 10.3.